The number of phenols is 1. The average Bonchev–Trinajstić information content (AvgIpc) is 3.95. The molecule has 0 bridgehead atoms. The minimum absolute atomic E-state index is 0.0200. The van der Waals surface area contributed by atoms with Crippen molar-refractivity contribution in [1.29, 1.82) is 0 Å². The molecule has 1 aromatic heterocycles. The van der Waals surface area contributed by atoms with E-state index in [9.17, 15) is 14.7 Å². The van der Waals surface area contributed by atoms with Crippen LogP contribution in [0.4, 0.5) is 10.8 Å². The zero-order valence-corrected chi connectivity index (χ0v) is 34.1. The number of para-hydroxylation sites is 1. The van der Waals surface area contributed by atoms with Gasteiger partial charge in [-0.25, -0.2) is 4.98 Å². The number of benzene rings is 5. The SMILES string of the molecule is COC(=O)C(CC#Cc1ccc2c(c1)C1(C(=O)N2)C(C(=O)Nc2nc3ccccc3s2)C2C(=O)OC(c3ccccc3)C(c3ccccc3)N2C1c1ccc(O)cc1)C(=O)OC. The molecule has 310 valence electrons. The standard InChI is InChI=1S/C48H38N4O9S/c1-59-43(55)32(44(56)60-2)17-11-12-27-20-25-34-33(26-27)48(46(58)49-34)37(42(54)51-47-50-35-18-9-10-19-36(35)62-47)39-45(57)61-40(29-15-7-4-8-16-29)38(28-13-5-3-6-14-28)52(39)41(48)30-21-23-31(53)24-22-30/h3-10,13-16,18-26,32,37-41,53H,17H2,1-2H3,(H,49,58)(H,50,51,54). The first-order chi connectivity index (χ1) is 30.1. The van der Waals surface area contributed by atoms with Gasteiger partial charge in [-0.3, -0.25) is 28.9 Å². The number of carbonyl (C=O) groups is 5. The fourth-order valence-electron chi connectivity index (χ4n) is 9.24. The van der Waals surface area contributed by atoms with Crippen molar-refractivity contribution in [3.8, 4) is 17.6 Å². The summed E-state index contributed by atoms with van der Waals surface area (Å²) in [5.74, 6) is -0.308. The van der Waals surface area contributed by atoms with Gasteiger partial charge in [-0.1, -0.05) is 108 Å². The van der Waals surface area contributed by atoms with Crippen molar-refractivity contribution in [1.82, 2.24) is 9.88 Å². The van der Waals surface area contributed by atoms with Gasteiger partial charge in [0.25, 0.3) is 0 Å². The molecule has 3 N–H and O–H groups in total. The first-order valence-corrected chi connectivity index (χ1v) is 20.6. The van der Waals surface area contributed by atoms with Gasteiger partial charge in [-0.05, 0) is 64.7 Å². The molecule has 2 fully saturated rings. The largest absolute Gasteiger partial charge is 0.508 e. The van der Waals surface area contributed by atoms with Gasteiger partial charge in [0.05, 0.1) is 42.4 Å². The van der Waals surface area contributed by atoms with Crippen molar-refractivity contribution >= 4 is 62.1 Å². The van der Waals surface area contributed by atoms with Crippen molar-refractivity contribution in [2.24, 2.45) is 11.8 Å². The van der Waals surface area contributed by atoms with E-state index in [0.717, 1.165) is 10.3 Å². The van der Waals surface area contributed by atoms with Gasteiger partial charge in [0.1, 0.15) is 23.3 Å². The third-order valence-electron chi connectivity index (χ3n) is 11.8. The molecule has 2 saturated heterocycles. The third kappa shape index (κ3) is 6.72. The number of aromatic nitrogens is 1. The van der Waals surface area contributed by atoms with Crippen LogP contribution in [0.1, 0.15) is 52.4 Å². The van der Waals surface area contributed by atoms with Gasteiger partial charge in [0.2, 0.25) is 11.8 Å². The topological polar surface area (TPSA) is 173 Å². The minimum Gasteiger partial charge on any atom is -0.508 e. The van der Waals surface area contributed by atoms with Crippen molar-refractivity contribution in [2.45, 2.75) is 36.1 Å². The van der Waals surface area contributed by atoms with Crippen LogP contribution in [0.15, 0.2) is 127 Å². The zero-order chi connectivity index (χ0) is 43.1. The Morgan fingerprint density at radius 3 is 2.19 bits per heavy atom. The Morgan fingerprint density at radius 1 is 0.855 bits per heavy atom. The highest BCUT2D eigenvalue weighted by Gasteiger charge is 2.74. The Morgan fingerprint density at radius 2 is 1.52 bits per heavy atom. The van der Waals surface area contributed by atoms with Crippen LogP contribution in [0.5, 0.6) is 5.75 Å². The average molecular weight is 847 g/mol. The summed E-state index contributed by atoms with van der Waals surface area (Å²) in [5.41, 5.74) is 2.04. The smallest absolute Gasteiger partial charge is 0.324 e. The molecule has 0 aliphatic carbocycles. The summed E-state index contributed by atoms with van der Waals surface area (Å²) in [4.78, 5) is 77.4. The molecule has 5 aromatic carbocycles. The number of cyclic esters (lactones) is 1. The summed E-state index contributed by atoms with van der Waals surface area (Å²) in [7, 11) is 2.33. The zero-order valence-electron chi connectivity index (χ0n) is 33.3. The number of methoxy groups -OCH3 is 2. The van der Waals surface area contributed by atoms with Crippen molar-refractivity contribution in [3.05, 3.63) is 155 Å². The molecule has 0 saturated carbocycles. The first-order valence-electron chi connectivity index (χ1n) is 19.8. The number of amides is 2. The van der Waals surface area contributed by atoms with Gasteiger partial charge >= 0.3 is 17.9 Å². The van der Waals surface area contributed by atoms with E-state index >= 15 is 14.4 Å². The van der Waals surface area contributed by atoms with Gasteiger partial charge in [-0.2, -0.15) is 0 Å². The highest BCUT2D eigenvalue weighted by molar-refractivity contribution is 7.22. The summed E-state index contributed by atoms with van der Waals surface area (Å²) in [6, 6.07) is 34.6. The number of hydrogen-bond acceptors (Lipinski definition) is 12. The Balaban J connectivity index is 1.28. The number of nitrogens with zero attached hydrogens (tertiary/aromatic N) is 2. The molecule has 3 aliphatic rings. The molecule has 6 atom stereocenters. The van der Waals surface area contributed by atoms with Crippen LogP contribution in [-0.2, 0) is 43.6 Å². The molecule has 3 aliphatic heterocycles. The Kier molecular flexibility index (Phi) is 10.5. The van der Waals surface area contributed by atoms with E-state index in [-0.39, 0.29) is 17.3 Å². The predicted molar refractivity (Wildman–Crippen MR) is 228 cm³/mol. The minimum atomic E-state index is -1.84. The van der Waals surface area contributed by atoms with Gasteiger partial charge < -0.3 is 30.0 Å². The van der Waals surface area contributed by atoms with Gasteiger partial charge in [0.15, 0.2) is 11.0 Å². The van der Waals surface area contributed by atoms with Crippen LogP contribution >= 0.6 is 11.3 Å². The van der Waals surface area contributed by atoms with Crippen molar-refractivity contribution in [3.63, 3.8) is 0 Å². The van der Waals surface area contributed by atoms with E-state index in [0.29, 0.717) is 33.5 Å². The number of anilines is 2. The quantitative estimate of drug-likeness (QED) is 0.0651. The summed E-state index contributed by atoms with van der Waals surface area (Å²) < 4.78 is 16.9. The van der Waals surface area contributed by atoms with Crippen LogP contribution in [0.2, 0.25) is 0 Å². The van der Waals surface area contributed by atoms with Crippen LogP contribution in [0.25, 0.3) is 10.2 Å². The van der Waals surface area contributed by atoms with Gasteiger partial charge in [-0.15, -0.1) is 0 Å². The molecular formula is C48H38N4O9S. The molecule has 14 heteroatoms. The molecule has 13 nitrogen and oxygen atoms in total. The number of thiazole rings is 1. The molecule has 4 heterocycles. The molecule has 6 aromatic rings. The lowest BCUT2D eigenvalue weighted by Gasteiger charge is -2.46. The van der Waals surface area contributed by atoms with Gasteiger partial charge in [0, 0.05) is 17.7 Å². The molecule has 9 rings (SSSR count). The molecule has 6 unspecified atom stereocenters. The second kappa shape index (κ2) is 16.3. The first kappa shape index (κ1) is 40.1. The summed E-state index contributed by atoms with van der Waals surface area (Å²) >= 11 is 1.26. The van der Waals surface area contributed by atoms with E-state index in [4.69, 9.17) is 14.2 Å². The predicted octanol–water partition coefficient (Wildman–Crippen LogP) is 6.62. The Hall–Kier alpha value is -7.34. The maximum absolute atomic E-state index is 15.4. The number of rotatable bonds is 8. The molecule has 0 radical (unpaired) electrons. The van der Waals surface area contributed by atoms with Crippen molar-refractivity contribution in [2.75, 3.05) is 24.9 Å². The maximum Gasteiger partial charge on any atom is 0.324 e. The second-order valence-electron chi connectivity index (χ2n) is 15.2. The number of morpholine rings is 1. The fourth-order valence-corrected chi connectivity index (χ4v) is 10.1. The van der Waals surface area contributed by atoms with Crippen LogP contribution < -0.4 is 10.6 Å². The van der Waals surface area contributed by atoms with E-state index in [2.05, 4.69) is 27.5 Å². The number of fused-ring (bicyclic) bond motifs is 4. The normalized spacial score (nSPS) is 22.5. The number of esters is 3. The summed E-state index contributed by atoms with van der Waals surface area (Å²) in [6.45, 7) is 0. The highest BCUT2D eigenvalue weighted by Crippen LogP contribution is 2.65. The lowest BCUT2D eigenvalue weighted by atomic mass is 9.65. The van der Waals surface area contributed by atoms with E-state index in [1.165, 1.54) is 37.7 Å². The van der Waals surface area contributed by atoms with E-state index in [1.54, 1.807) is 30.3 Å². The summed E-state index contributed by atoms with van der Waals surface area (Å²) in [6.07, 6.45) is -1.09. The number of nitrogens with one attached hydrogen (secondary N) is 2. The van der Waals surface area contributed by atoms with Crippen LogP contribution in [0, 0.1) is 23.7 Å². The number of phenolic OH excluding ortho intramolecular Hbond substituents is 1. The number of hydrogen-bond donors (Lipinski definition) is 3. The molecule has 1 spiro atoms. The lowest BCUT2D eigenvalue weighted by Crippen LogP contribution is -2.53. The third-order valence-corrected chi connectivity index (χ3v) is 12.8. The second-order valence-corrected chi connectivity index (χ2v) is 16.2. The lowest BCUT2D eigenvalue weighted by molar-refractivity contribution is -0.178. The maximum atomic E-state index is 15.4. The number of aromatic hydroxyl groups is 1. The molecule has 2 amide bonds. The Bertz CT molecular complexity index is 2750. The fraction of sp³-hybridized carbons (Fsp3) is 0.208. The van der Waals surface area contributed by atoms with E-state index < -0.39 is 71.2 Å². The van der Waals surface area contributed by atoms with Crippen molar-refractivity contribution < 1.29 is 43.3 Å². The monoisotopic (exact) mass is 846 g/mol. The van der Waals surface area contributed by atoms with Crippen LogP contribution in [0.3, 0.4) is 0 Å². The highest BCUT2D eigenvalue weighted by atomic mass is 32.1. The number of ether oxygens (including phenoxy) is 3. The van der Waals surface area contributed by atoms with E-state index in [1.807, 2.05) is 89.8 Å². The number of carbonyl (C=O) groups excluding carboxylic acids is 5. The summed E-state index contributed by atoms with van der Waals surface area (Å²) in [5, 5.41) is 16.9. The van der Waals surface area contributed by atoms with Crippen LogP contribution in [-0.4, -0.2) is 65.0 Å². The molecular weight excluding hydrogens is 809 g/mol. The molecule has 62 heavy (non-hydrogen) atoms. The Labute approximate surface area is 359 Å².